The van der Waals surface area contributed by atoms with Crippen LogP contribution in [-0.2, 0) is 37.3 Å². The van der Waals surface area contributed by atoms with Crippen LogP contribution < -0.4 is 14.5 Å². The number of para-hydroxylation sites is 4. The van der Waals surface area contributed by atoms with Gasteiger partial charge in [-0.3, -0.25) is 0 Å². The number of aromatic nitrogens is 2. The van der Waals surface area contributed by atoms with Crippen LogP contribution in [0.1, 0.15) is 112 Å². The predicted octanol–water partition coefficient (Wildman–Crippen LogP) is 21.6. The minimum absolute atomic E-state index is 0. The van der Waals surface area contributed by atoms with E-state index in [-0.39, 0.29) is 37.3 Å². The third-order valence-electron chi connectivity index (χ3n) is 17.1. The van der Waals surface area contributed by atoms with Crippen molar-refractivity contribution in [3.8, 4) is 50.7 Å². The Morgan fingerprint density at radius 2 is 1.08 bits per heavy atom. The molecular weight excluding hydrogens is 1220 g/mol. The molecule has 0 N–H and O–H groups in total. The molecule has 0 fully saturated rings. The van der Waals surface area contributed by atoms with Gasteiger partial charge in [0.1, 0.15) is 17.0 Å². The van der Waals surface area contributed by atoms with E-state index in [1.165, 1.54) is 77.9 Å². The number of nitrogens with zero attached hydrogens (tertiary/aromatic N) is 4. The smallest absolute Gasteiger partial charge is 0.135 e. The molecule has 0 amide bonds. The molecule has 1 aliphatic heterocycles. The first-order valence-corrected chi connectivity index (χ1v) is 29.5. The van der Waals surface area contributed by atoms with E-state index in [4.69, 9.17) is 14.1 Å². The molecule has 85 heavy (non-hydrogen) atoms. The molecule has 430 valence electrons. The molecule has 13 rings (SSSR count). The van der Waals surface area contributed by atoms with Crippen molar-refractivity contribution in [1.82, 2.24) is 9.55 Å². The van der Waals surface area contributed by atoms with E-state index >= 15 is 0 Å². The van der Waals surface area contributed by atoms with Crippen LogP contribution in [0.25, 0.3) is 82.9 Å². The van der Waals surface area contributed by atoms with Crippen molar-refractivity contribution in [3.05, 3.63) is 233 Å². The van der Waals surface area contributed by atoms with Crippen LogP contribution in [0, 0.1) is 60.3 Å². The maximum atomic E-state index is 7.30. The Bertz CT molecular complexity index is 4500. The minimum atomic E-state index is -0.186. The SMILES string of the molecule is Cc1cc(C)c(-c2cccc(-c3c(C)cc(C)cc3C)c2N2[CH-]N(c3[c-]c(Oc4[c-]c5c(cc4)c4c6oc7ccccc7c6ccc4n5-c4cc(C(C)(C)C)ccn4)cc(-c4c(C(C)(C)C)cccc4C(C)(C)C)c3)c3ccccc32)c(C)c1.[Pt]. The number of ether oxygens (including phenoxy) is 1. The molecule has 0 bridgehead atoms. The number of furan rings is 1. The summed E-state index contributed by atoms with van der Waals surface area (Å²) in [5.74, 6) is 1.92. The summed E-state index contributed by atoms with van der Waals surface area (Å²) in [7, 11) is 0. The van der Waals surface area contributed by atoms with Crippen molar-refractivity contribution in [3.63, 3.8) is 0 Å². The zero-order valence-corrected chi connectivity index (χ0v) is 53.9. The summed E-state index contributed by atoms with van der Waals surface area (Å²) in [4.78, 5) is 9.79. The van der Waals surface area contributed by atoms with Crippen LogP contribution >= 0.6 is 0 Å². The molecule has 9 aromatic carbocycles. The van der Waals surface area contributed by atoms with Crippen molar-refractivity contribution in [2.75, 3.05) is 9.80 Å². The van der Waals surface area contributed by atoms with Crippen LogP contribution in [0.4, 0.5) is 22.7 Å². The van der Waals surface area contributed by atoms with Crippen molar-refractivity contribution >= 4 is 66.5 Å². The number of aryl methyl sites for hydroxylation is 6. The van der Waals surface area contributed by atoms with Gasteiger partial charge in [-0.25, -0.2) is 4.98 Å². The van der Waals surface area contributed by atoms with E-state index in [0.29, 0.717) is 11.5 Å². The van der Waals surface area contributed by atoms with Crippen LogP contribution in [-0.4, -0.2) is 9.55 Å². The van der Waals surface area contributed by atoms with E-state index < -0.39 is 0 Å². The number of rotatable bonds is 8. The van der Waals surface area contributed by atoms with E-state index in [2.05, 4.69) is 277 Å². The molecule has 0 radical (unpaired) electrons. The molecule has 0 saturated carbocycles. The Kier molecular flexibility index (Phi) is 14.2. The van der Waals surface area contributed by atoms with Gasteiger partial charge in [-0.2, -0.15) is 6.07 Å². The predicted molar refractivity (Wildman–Crippen MR) is 352 cm³/mol. The molecule has 7 heteroatoms. The summed E-state index contributed by atoms with van der Waals surface area (Å²) in [6.45, 7) is 36.3. The van der Waals surface area contributed by atoms with E-state index in [1.807, 2.05) is 24.4 Å². The summed E-state index contributed by atoms with van der Waals surface area (Å²) in [5, 5.41) is 4.15. The molecule has 0 unspecified atom stereocenters. The largest absolute Gasteiger partial charge is 0.509 e. The molecule has 0 spiro atoms. The monoisotopic (exact) mass is 1290 g/mol. The number of benzene rings is 9. The second-order valence-electron chi connectivity index (χ2n) is 26.5. The fourth-order valence-corrected chi connectivity index (χ4v) is 13.5. The maximum Gasteiger partial charge on any atom is 0.135 e. The Balaban J connectivity index is 0.00000709. The fraction of sp³-hybridized carbons (Fsp3) is 0.231. The van der Waals surface area contributed by atoms with E-state index in [9.17, 15) is 0 Å². The molecular formula is C78H73N4O2Pt-3. The van der Waals surface area contributed by atoms with E-state index in [1.54, 1.807) is 0 Å². The van der Waals surface area contributed by atoms with Gasteiger partial charge in [0.15, 0.2) is 0 Å². The first kappa shape index (κ1) is 57.3. The number of pyridine rings is 1. The number of hydrogen-bond donors (Lipinski definition) is 0. The first-order valence-electron chi connectivity index (χ1n) is 29.5. The summed E-state index contributed by atoms with van der Waals surface area (Å²) >= 11 is 0. The van der Waals surface area contributed by atoms with E-state index in [0.717, 1.165) is 77.9 Å². The van der Waals surface area contributed by atoms with Gasteiger partial charge in [-0.05, 0) is 161 Å². The molecule has 12 aromatic rings. The molecule has 1 aliphatic rings. The molecule has 4 heterocycles. The van der Waals surface area contributed by atoms with Crippen LogP contribution in [0.3, 0.4) is 0 Å². The van der Waals surface area contributed by atoms with Gasteiger partial charge in [0.2, 0.25) is 0 Å². The Morgan fingerprint density at radius 3 is 1.69 bits per heavy atom. The quantitative estimate of drug-likeness (QED) is 0.142. The number of fused-ring (bicyclic) bond motifs is 8. The second-order valence-corrected chi connectivity index (χ2v) is 26.5. The third kappa shape index (κ3) is 9.95. The van der Waals surface area contributed by atoms with Gasteiger partial charge in [-0.1, -0.05) is 175 Å². The van der Waals surface area contributed by atoms with Gasteiger partial charge in [0, 0.05) is 83.2 Å². The van der Waals surface area contributed by atoms with Crippen molar-refractivity contribution in [2.24, 2.45) is 0 Å². The van der Waals surface area contributed by atoms with Crippen molar-refractivity contribution in [2.45, 2.75) is 120 Å². The molecule has 0 atom stereocenters. The Hall–Kier alpha value is -8.18. The minimum Gasteiger partial charge on any atom is -0.509 e. The molecule has 0 aliphatic carbocycles. The van der Waals surface area contributed by atoms with Gasteiger partial charge in [-0.15, -0.1) is 48.3 Å². The number of anilines is 4. The van der Waals surface area contributed by atoms with Crippen molar-refractivity contribution in [1.29, 1.82) is 0 Å². The zero-order chi connectivity index (χ0) is 58.9. The van der Waals surface area contributed by atoms with Crippen LogP contribution in [0.5, 0.6) is 11.5 Å². The Morgan fingerprint density at radius 1 is 0.506 bits per heavy atom. The second kappa shape index (κ2) is 21.1. The first-order chi connectivity index (χ1) is 40.0. The van der Waals surface area contributed by atoms with Crippen LogP contribution in [0.15, 0.2) is 168 Å². The standard InChI is InChI=1S/C78H73N4O2.Pt/c1-46-36-48(3)70(49(4)37-46)60-23-20-24-61(71-50(5)38-47(2)39-51(71)6)74(60)81-45-80(64-27-17-18-28-65(64)81)54-40-52(72-62(77(10,11)12)25-21-26-63(72)78(13,14)15)41-56(43-54)83-55-30-31-59-67(44-55)82(69-42-53(34-35-79-69)76(7,8)9)66-33-32-58-57-22-16-19-29-68(57)84-75(58)73(59)66;/h16-42,45H,1-15H3;/q-3;. The van der Waals surface area contributed by atoms with Gasteiger partial charge in [0.05, 0.1) is 0 Å². The summed E-state index contributed by atoms with van der Waals surface area (Å²) in [5.41, 5.74) is 25.4. The average molecular weight is 1290 g/mol. The maximum absolute atomic E-state index is 7.30. The average Bonchev–Trinajstić information content (AvgIpc) is 2.34. The number of hydrogen-bond acceptors (Lipinski definition) is 5. The normalized spacial score (nSPS) is 12.9. The van der Waals surface area contributed by atoms with Crippen LogP contribution in [0.2, 0.25) is 0 Å². The van der Waals surface area contributed by atoms with Crippen molar-refractivity contribution < 1.29 is 30.2 Å². The fourth-order valence-electron chi connectivity index (χ4n) is 13.5. The molecule has 0 saturated heterocycles. The summed E-state index contributed by atoms with van der Waals surface area (Å²) < 4.78 is 16.3. The van der Waals surface area contributed by atoms with Gasteiger partial charge >= 0.3 is 0 Å². The summed E-state index contributed by atoms with van der Waals surface area (Å²) in [6.07, 6.45) is 1.92. The third-order valence-corrected chi connectivity index (χ3v) is 17.1. The summed E-state index contributed by atoms with van der Waals surface area (Å²) in [6, 6.07) is 65.1. The zero-order valence-electron chi connectivity index (χ0n) is 51.6. The van der Waals surface area contributed by atoms with Gasteiger partial charge in [0.25, 0.3) is 0 Å². The van der Waals surface area contributed by atoms with Gasteiger partial charge < -0.3 is 23.5 Å². The molecule has 3 aromatic heterocycles. The topological polar surface area (TPSA) is 46.7 Å². The molecule has 6 nitrogen and oxygen atoms in total. The Labute approximate surface area is 516 Å².